The van der Waals surface area contributed by atoms with E-state index < -0.39 is 0 Å². The third kappa shape index (κ3) is 3.78. The van der Waals surface area contributed by atoms with Crippen LogP contribution in [0.1, 0.15) is 23.6 Å². The second-order valence-electron chi connectivity index (χ2n) is 7.02. The molecule has 0 saturated carbocycles. The molecular formula is C21H27N3O. The molecule has 0 aliphatic carbocycles. The molecule has 4 nitrogen and oxygen atoms in total. The molecule has 3 rings (SSSR count). The van der Waals surface area contributed by atoms with Gasteiger partial charge in [-0.15, -0.1) is 0 Å². The Balaban J connectivity index is 1.66. The van der Waals surface area contributed by atoms with E-state index in [2.05, 4.69) is 48.3 Å². The minimum absolute atomic E-state index is 0.00666. The van der Waals surface area contributed by atoms with E-state index >= 15 is 0 Å². The van der Waals surface area contributed by atoms with Crippen LogP contribution in [-0.2, 0) is 0 Å². The molecule has 1 N–H and O–H groups in total. The molecule has 0 aromatic heterocycles. The van der Waals surface area contributed by atoms with Gasteiger partial charge < -0.3 is 15.1 Å². The molecule has 0 radical (unpaired) electrons. The summed E-state index contributed by atoms with van der Waals surface area (Å²) in [6, 6.07) is 15.0. The molecule has 2 amide bonds. The van der Waals surface area contributed by atoms with E-state index in [4.69, 9.17) is 0 Å². The Morgan fingerprint density at radius 2 is 1.64 bits per heavy atom. The van der Waals surface area contributed by atoms with E-state index in [1.165, 1.54) is 11.3 Å². The zero-order chi connectivity index (χ0) is 18.0. The lowest BCUT2D eigenvalue weighted by molar-refractivity contribution is 0.200. The number of carbonyl (C=O) groups is 1. The van der Waals surface area contributed by atoms with Crippen LogP contribution in [0, 0.1) is 20.8 Å². The van der Waals surface area contributed by atoms with Crippen LogP contribution in [0.3, 0.4) is 0 Å². The number of piperazine rings is 1. The van der Waals surface area contributed by atoms with Crippen LogP contribution in [-0.4, -0.2) is 36.6 Å². The molecule has 1 heterocycles. The maximum absolute atomic E-state index is 12.7. The lowest BCUT2D eigenvalue weighted by Gasteiger charge is -2.41. The van der Waals surface area contributed by atoms with Crippen molar-refractivity contribution in [2.24, 2.45) is 0 Å². The Labute approximate surface area is 150 Å². The van der Waals surface area contributed by atoms with E-state index in [-0.39, 0.29) is 6.03 Å². The quantitative estimate of drug-likeness (QED) is 0.884. The molecule has 25 heavy (non-hydrogen) atoms. The zero-order valence-corrected chi connectivity index (χ0v) is 15.5. The highest BCUT2D eigenvalue weighted by Gasteiger charge is 2.27. The molecule has 4 heteroatoms. The van der Waals surface area contributed by atoms with E-state index in [9.17, 15) is 4.79 Å². The van der Waals surface area contributed by atoms with E-state index in [1.807, 2.05) is 36.9 Å². The first-order chi connectivity index (χ1) is 12.0. The number of rotatable bonds is 2. The number of nitrogens with zero attached hydrogens (tertiary/aromatic N) is 2. The fourth-order valence-corrected chi connectivity index (χ4v) is 3.46. The van der Waals surface area contributed by atoms with Crippen molar-refractivity contribution < 1.29 is 4.79 Å². The van der Waals surface area contributed by atoms with Crippen LogP contribution >= 0.6 is 0 Å². The topological polar surface area (TPSA) is 35.6 Å². The number of benzene rings is 2. The lowest BCUT2D eigenvalue weighted by Crippen LogP contribution is -2.54. The number of para-hydroxylation sites is 1. The van der Waals surface area contributed by atoms with Gasteiger partial charge >= 0.3 is 6.03 Å². The summed E-state index contributed by atoms with van der Waals surface area (Å²) in [6.07, 6.45) is 0. The minimum atomic E-state index is -0.00666. The molecular weight excluding hydrogens is 310 g/mol. The van der Waals surface area contributed by atoms with Crippen molar-refractivity contribution in [3.63, 3.8) is 0 Å². The van der Waals surface area contributed by atoms with Crippen molar-refractivity contribution in [2.75, 3.05) is 29.9 Å². The molecule has 0 bridgehead atoms. The van der Waals surface area contributed by atoms with E-state index in [0.717, 1.165) is 36.4 Å². The third-order valence-corrected chi connectivity index (χ3v) is 4.99. The number of anilines is 2. The Kier molecular flexibility index (Phi) is 4.98. The van der Waals surface area contributed by atoms with Crippen molar-refractivity contribution in [1.82, 2.24) is 4.90 Å². The van der Waals surface area contributed by atoms with Gasteiger partial charge in [0.1, 0.15) is 0 Å². The van der Waals surface area contributed by atoms with Gasteiger partial charge in [0.25, 0.3) is 0 Å². The van der Waals surface area contributed by atoms with Crippen LogP contribution in [0.25, 0.3) is 0 Å². The average Bonchev–Trinajstić information content (AvgIpc) is 2.59. The Morgan fingerprint density at radius 3 is 2.24 bits per heavy atom. The van der Waals surface area contributed by atoms with Gasteiger partial charge in [-0.3, -0.25) is 0 Å². The number of hydrogen-bond acceptors (Lipinski definition) is 2. The second-order valence-corrected chi connectivity index (χ2v) is 7.02. The number of nitrogens with one attached hydrogen (secondary N) is 1. The number of carbonyl (C=O) groups excluding carboxylic acids is 1. The summed E-state index contributed by atoms with van der Waals surface area (Å²) in [6.45, 7) is 10.6. The molecule has 1 aliphatic rings. The zero-order valence-electron chi connectivity index (χ0n) is 15.5. The van der Waals surface area contributed by atoms with Gasteiger partial charge in [0, 0.05) is 37.1 Å². The fraction of sp³-hybridized carbons (Fsp3) is 0.381. The first-order valence-corrected chi connectivity index (χ1v) is 8.91. The van der Waals surface area contributed by atoms with Crippen molar-refractivity contribution in [2.45, 2.75) is 33.7 Å². The highest BCUT2D eigenvalue weighted by atomic mass is 16.2. The summed E-state index contributed by atoms with van der Waals surface area (Å²) < 4.78 is 0. The van der Waals surface area contributed by atoms with Crippen LogP contribution in [0.2, 0.25) is 0 Å². The third-order valence-electron chi connectivity index (χ3n) is 4.99. The smallest absolute Gasteiger partial charge is 0.321 e. The normalized spacial score (nSPS) is 17.5. The number of amides is 2. The van der Waals surface area contributed by atoms with Gasteiger partial charge in [0.2, 0.25) is 0 Å². The van der Waals surface area contributed by atoms with E-state index in [0.29, 0.717) is 6.04 Å². The lowest BCUT2D eigenvalue weighted by atomic mass is 10.1. The maximum Gasteiger partial charge on any atom is 0.321 e. The van der Waals surface area contributed by atoms with Crippen molar-refractivity contribution in [3.8, 4) is 0 Å². The van der Waals surface area contributed by atoms with Gasteiger partial charge in [0.15, 0.2) is 0 Å². The van der Waals surface area contributed by atoms with Gasteiger partial charge in [-0.05, 0) is 51.0 Å². The van der Waals surface area contributed by atoms with Crippen molar-refractivity contribution in [3.05, 3.63) is 59.2 Å². The highest BCUT2D eigenvalue weighted by Crippen LogP contribution is 2.23. The van der Waals surface area contributed by atoms with Crippen molar-refractivity contribution >= 4 is 17.4 Å². The molecule has 2 aromatic carbocycles. The van der Waals surface area contributed by atoms with Gasteiger partial charge in [0.05, 0.1) is 0 Å². The van der Waals surface area contributed by atoms with Gasteiger partial charge in [-0.1, -0.05) is 35.9 Å². The summed E-state index contributed by atoms with van der Waals surface area (Å²) in [5.74, 6) is 0. The van der Waals surface area contributed by atoms with Gasteiger partial charge in [-0.25, -0.2) is 4.79 Å². The highest BCUT2D eigenvalue weighted by molar-refractivity contribution is 5.91. The molecule has 2 aromatic rings. The summed E-state index contributed by atoms with van der Waals surface area (Å²) in [7, 11) is 0. The summed E-state index contributed by atoms with van der Waals surface area (Å²) >= 11 is 0. The molecule has 1 saturated heterocycles. The number of aryl methyl sites for hydroxylation is 3. The molecule has 132 valence electrons. The second kappa shape index (κ2) is 7.18. The molecule has 1 unspecified atom stereocenters. The monoisotopic (exact) mass is 337 g/mol. The number of hydrogen-bond donors (Lipinski definition) is 1. The van der Waals surface area contributed by atoms with Crippen LogP contribution in [0.5, 0.6) is 0 Å². The van der Waals surface area contributed by atoms with Gasteiger partial charge in [-0.2, -0.15) is 0 Å². The SMILES string of the molecule is Cc1ccc(N2CCN(C(=O)Nc3c(C)cccc3C)CC2C)cc1. The Hall–Kier alpha value is -2.49. The summed E-state index contributed by atoms with van der Waals surface area (Å²) in [5, 5.41) is 3.10. The molecule has 0 spiro atoms. The molecule has 1 fully saturated rings. The predicted octanol–water partition coefficient (Wildman–Crippen LogP) is 4.35. The Bertz CT molecular complexity index is 734. The number of urea groups is 1. The van der Waals surface area contributed by atoms with Crippen LogP contribution in [0.15, 0.2) is 42.5 Å². The predicted molar refractivity (Wildman–Crippen MR) is 104 cm³/mol. The molecule has 1 atom stereocenters. The standard InChI is InChI=1S/C21H27N3O/c1-15-8-10-19(11-9-15)24-13-12-23(14-18(24)4)21(25)22-20-16(2)6-5-7-17(20)3/h5-11,18H,12-14H2,1-4H3,(H,22,25). The first kappa shape index (κ1) is 17.3. The Morgan fingerprint density at radius 1 is 1.00 bits per heavy atom. The average molecular weight is 337 g/mol. The van der Waals surface area contributed by atoms with Crippen molar-refractivity contribution in [1.29, 1.82) is 0 Å². The maximum atomic E-state index is 12.7. The minimum Gasteiger partial charge on any atom is -0.365 e. The largest absolute Gasteiger partial charge is 0.365 e. The molecule has 1 aliphatic heterocycles. The van der Waals surface area contributed by atoms with Crippen LogP contribution < -0.4 is 10.2 Å². The van der Waals surface area contributed by atoms with E-state index in [1.54, 1.807) is 0 Å². The fourth-order valence-electron chi connectivity index (χ4n) is 3.46. The summed E-state index contributed by atoms with van der Waals surface area (Å²) in [4.78, 5) is 17.0. The van der Waals surface area contributed by atoms with Crippen LogP contribution in [0.4, 0.5) is 16.2 Å². The first-order valence-electron chi connectivity index (χ1n) is 8.91. The summed E-state index contributed by atoms with van der Waals surface area (Å²) in [5.41, 5.74) is 5.62.